The number of carboxylic acids is 1. The average molecular weight is 504 g/mol. The summed E-state index contributed by atoms with van der Waals surface area (Å²) in [5.74, 6) is -2.36. The second-order valence-electron chi connectivity index (χ2n) is 6.92. The van der Waals surface area contributed by atoms with Gasteiger partial charge in [-0.2, -0.15) is 4.98 Å². The molecule has 0 bridgehead atoms. The molecular formula is C20H18ClN7O7. The number of anilines is 2. The standard InChI is InChI=1S/C12H12ClN3O2.C8H6N4O5/c13-16-6-8-3-1-2-7(4-8)5-15-10-9(14)11(17)12(10)18;1-17-6(15)4-2-3(5(13)14)9-7-10-8(16)11-12(4)7/h1-4,15-16H,5-6,14H2;2H,1H3,(H,11,16)(H,13,14). The molecule has 2 aromatic heterocycles. The van der Waals surface area contributed by atoms with E-state index in [1.54, 1.807) is 0 Å². The number of halogens is 1. The highest BCUT2D eigenvalue weighted by molar-refractivity contribution is 6.13. The fourth-order valence-corrected chi connectivity index (χ4v) is 3.11. The van der Waals surface area contributed by atoms with Crippen LogP contribution in [0.25, 0.3) is 5.78 Å². The lowest BCUT2D eigenvalue weighted by molar-refractivity contribution is 0.0590. The number of rotatable bonds is 7. The van der Waals surface area contributed by atoms with Crippen molar-refractivity contribution < 1.29 is 19.4 Å². The molecule has 0 saturated heterocycles. The van der Waals surface area contributed by atoms with Crippen LogP contribution in [0.5, 0.6) is 0 Å². The summed E-state index contributed by atoms with van der Waals surface area (Å²) < 4.78 is 5.42. The van der Waals surface area contributed by atoms with Gasteiger partial charge in [0.05, 0.1) is 7.11 Å². The van der Waals surface area contributed by atoms with E-state index in [0.717, 1.165) is 28.8 Å². The van der Waals surface area contributed by atoms with Crippen LogP contribution in [0, 0.1) is 0 Å². The lowest BCUT2D eigenvalue weighted by atomic mass is 10.1. The molecule has 6 N–H and O–H groups in total. The maximum Gasteiger partial charge on any atom is 0.363 e. The van der Waals surface area contributed by atoms with Crippen molar-refractivity contribution in [3.05, 3.63) is 83.8 Å². The first-order valence-corrected chi connectivity index (χ1v) is 10.1. The summed E-state index contributed by atoms with van der Waals surface area (Å²) in [6.45, 7) is 0.989. The third-order valence-electron chi connectivity index (χ3n) is 4.64. The van der Waals surface area contributed by atoms with E-state index in [4.69, 9.17) is 22.6 Å². The zero-order valence-corrected chi connectivity index (χ0v) is 18.8. The number of carbonyl (C=O) groups is 2. The molecule has 35 heavy (non-hydrogen) atoms. The van der Waals surface area contributed by atoms with Crippen molar-refractivity contribution in [3.8, 4) is 0 Å². The Bertz CT molecular complexity index is 1540. The number of fused-ring (bicyclic) bond motifs is 1. The predicted molar refractivity (Wildman–Crippen MR) is 124 cm³/mol. The van der Waals surface area contributed by atoms with E-state index in [0.29, 0.717) is 13.1 Å². The highest BCUT2D eigenvalue weighted by atomic mass is 35.5. The Labute approximate surface area is 200 Å². The van der Waals surface area contributed by atoms with Crippen LogP contribution >= 0.6 is 11.8 Å². The summed E-state index contributed by atoms with van der Waals surface area (Å²) >= 11 is 5.43. The first kappa shape index (κ1) is 25.1. The summed E-state index contributed by atoms with van der Waals surface area (Å²) in [5.41, 5.74) is 5.16. The molecule has 0 spiro atoms. The zero-order chi connectivity index (χ0) is 25.7. The quantitative estimate of drug-likeness (QED) is 0.124. The SMILES string of the molecule is COC(=O)c1cc(C(=O)O)nc2nc(=O)[nH]n12.Nc1c(NCc2cccc(CNCl)c2)c(=O)c1=O. The number of hydrogen-bond acceptors (Lipinski definition) is 11. The number of nitrogen functional groups attached to an aromatic ring is 1. The lowest BCUT2D eigenvalue weighted by Crippen LogP contribution is -2.36. The molecule has 0 fully saturated rings. The largest absolute Gasteiger partial charge is 0.477 e. The number of H-pyrrole nitrogens is 1. The Hall–Kier alpha value is -4.56. The number of aromatic carboxylic acids is 1. The summed E-state index contributed by atoms with van der Waals surface area (Å²) in [6.07, 6.45) is 0. The number of nitrogens with zero attached hydrogens (tertiary/aromatic N) is 3. The number of benzene rings is 1. The zero-order valence-electron chi connectivity index (χ0n) is 18.0. The van der Waals surface area contributed by atoms with Crippen molar-refractivity contribution in [3.63, 3.8) is 0 Å². The van der Waals surface area contributed by atoms with Crippen molar-refractivity contribution in [1.29, 1.82) is 0 Å². The number of nitrogens with two attached hydrogens (primary N) is 1. The van der Waals surface area contributed by atoms with Gasteiger partial charge < -0.3 is 20.9 Å². The van der Waals surface area contributed by atoms with Crippen LogP contribution in [0.3, 0.4) is 0 Å². The minimum atomic E-state index is -1.34. The van der Waals surface area contributed by atoms with Crippen LogP contribution in [-0.4, -0.2) is 43.7 Å². The topological polar surface area (TPSA) is 211 Å². The second kappa shape index (κ2) is 10.6. The van der Waals surface area contributed by atoms with Gasteiger partial charge in [-0.3, -0.25) is 9.59 Å². The van der Waals surface area contributed by atoms with Gasteiger partial charge in [0.1, 0.15) is 11.4 Å². The Morgan fingerprint density at radius 2 is 1.83 bits per heavy atom. The molecule has 15 heteroatoms. The van der Waals surface area contributed by atoms with Gasteiger partial charge in [-0.25, -0.2) is 33.8 Å². The third-order valence-corrected chi connectivity index (χ3v) is 4.77. The molecule has 0 aliphatic carbocycles. The number of nitrogens with one attached hydrogen (secondary N) is 3. The van der Waals surface area contributed by atoms with Crippen LogP contribution in [-0.2, 0) is 17.8 Å². The molecular weight excluding hydrogens is 486 g/mol. The number of methoxy groups -OCH3 is 1. The van der Waals surface area contributed by atoms with Crippen LogP contribution in [0.15, 0.2) is 44.7 Å². The molecule has 0 unspecified atom stereocenters. The fourth-order valence-electron chi connectivity index (χ4n) is 2.95. The molecule has 0 aliphatic rings. The first-order valence-electron chi connectivity index (χ1n) is 9.71. The number of esters is 1. The molecule has 0 aliphatic heterocycles. The Morgan fingerprint density at radius 3 is 2.43 bits per heavy atom. The highest BCUT2D eigenvalue weighted by Crippen LogP contribution is 2.12. The monoisotopic (exact) mass is 503 g/mol. The van der Waals surface area contributed by atoms with Gasteiger partial charge in [0.15, 0.2) is 11.4 Å². The highest BCUT2D eigenvalue weighted by Gasteiger charge is 2.18. The number of carbonyl (C=O) groups excluding carboxylic acids is 1. The molecule has 0 saturated carbocycles. The van der Waals surface area contributed by atoms with Gasteiger partial charge in [0.2, 0.25) is 0 Å². The Balaban J connectivity index is 0.000000196. The van der Waals surface area contributed by atoms with Crippen LogP contribution in [0.2, 0.25) is 0 Å². The van der Waals surface area contributed by atoms with Gasteiger partial charge in [-0.15, -0.1) is 0 Å². The summed E-state index contributed by atoms with van der Waals surface area (Å²) in [5, 5.41) is 13.9. The average Bonchev–Trinajstić information content (AvgIpc) is 3.23. The minimum absolute atomic E-state index is 0.0126. The van der Waals surface area contributed by atoms with E-state index in [1.165, 1.54) is 0 Å². The number of aromatic amines is 1. The van der Waals surface area contributed by atoms with E-state index in [1.807, 2.05) is 24.3 Å². The molecule has 0 amide bonds. The fraction of sp³-hybridized carbons (Fsp3) is 0.150. The van der Waals surface area contributed by atoms with Gasteiger partial charge in [-0.05, 0) is 22.9 Å². The van der Waals surface area contributed by atoms with Crippen LogP contribution < -0.4 is 32.4 Å². The normalized spacial score (nSPS) is 10.6. The molecule has 0 radical (unpaired) electrons. The maximum absolute atomic E-state index is 11.4. The predicted octanol–water partition coefficient (Wildman–Crippen LogP) is -0.377. The minimum Gasteiger partial charge on any atom is -0.477 e. The molecule has 2 aromatic carbocycles. The molecule has 4 aromatic rings. The van der Waals surface area contributed by atoms with Crippen molar-refractivity contribution in [1.82, 2.24) is 24.4 Å². The molecule has 14 nitrogen and oxygen atoms in total. The van der Waals surface area contributed by atoms with E-state index in [-0.39, 0.29) is 22.8 Å². The first-order chi connectivity index (χ1) is 16.7. The van der Waals surface area contributed by atoms with Gasteiger partial charge >= 0.3 is 17.6 Å². The molecule has 2 heterocycles. The van der Waals surface area contributed by atoms with Crippen LogP contribution in [0.4, 0.5) is 11.4 Å². The van der Waals surface area contributed by atoms with Gasteiger partial charge in [0.25, 0.3) is 16.6 Å². The Morgan fingerprint density at radius 1 is 1.14 bits per heavy atom. The third kappa shape index (κ3) is 5.51. The van der Waals surface area contributed by atoms with Crippen molar-refractivity contribution in [2.75, 3.05) is 18.2 Å². The van der Waals surface area contributed by atoms with E-state index >= 15 is 0 Å². The molecule has 4 rings (SSSR count). The summed E-state index contributed by atoms with van der Waals surface area (Å²) in [7, 11) is 1.13. The summed E-state index contributed by atoms with van der Waals surface area (Å²) in [4.78, 5) is 64.8. The van der Waals surface area contributed by atoms with E-state index < -0.39 is 34.2 Å². The smallest absolute Gasteiger partial charge is 0.363 e. The van der Waals surface area contributed by atoms with E-state index in [2.05, 4.69) is 30.0 Å². The number of hydrogen-bond donors (Lipinski definition) is 5. The van der Waals surface area contributed by atoms with Gasteiger partial charge in [0, 0.05) is 19.2 Å². The van der Waals surface area contributed by atoms with Crippen molar-refractivity contribution >= 4 is 40.9 Å². The van der Waals surface area contributed by atoms with Crippen LogP contribution in [0.1, 0.15) is 32.1 Å². The van der Waals surface area contributed by atoms with Crippen molar-refractivity contribution in [2.24, 2.45) is 0 Å². The maximum atomic E-state index is 11.4. The number of aromatic nitrogens is 4. The van der Waals surface area contributed by atoms with Crippen molar-refractivity contribution in [2.45, 2.75) is 13.1 Å². The Kier molecular flexibility index (Phi) is 7.58. The lowest BCUT2D eigenvalue weighted by Gasteiger charge is -2.10. The number of ether oxygens (including phenoxy) is 1. The number of carboxylic acid groups (broad SMARTS) is 1. The second-order valence-corrected chi connectivity index (χ2v) is 7.19. The molecule has 0 atom stereocenters. The molecule has 182 valence electrons. The summed E-state index contributed by atoms with van der Waals surface area (Å²) in [6, 6.07) is 8.67. The van der Waals surface area contributed by atoms with E-state index in [9.17, 15) is 24.0 Å². The van der Waals surface area contributed by atoms with Gasteiger partial charge in [-0.1, -0.05) is 24.3 Å².